The lowest BCUT2D eigenvalue weighted by molar-refractivity contribution is 0.0398. The van der Waals surface area contributed by atoms with Crippen molar-refractivity contribution in [3.8, 4) is 0 Å². The predicted octanol–water partition coefficient (Wildman–Crippen LogP) is 0.970. The Balaban J connectivity index is 1.44. The van der Waals surface area contributed by atoms with Crippen molar-refractivity contribution in [3.05, 3.63) is 6.20 Å². The van der Waals surface area contributed by atoms with Gasteiger partial charge in [0, 0.05) is 32.2 Å². The van der Waals surface area contributed by atoms with E-state index in [4.69, 9.17) is 4.74 Å². The number of morpholine rings is 1. The van der Waals surface area contributed by atoms with Crippen LogP contribution in [-0.2, 0) is 4.74 Å². The van der Waals surface area contributed by atoms with Crippen molar-refractivity contribution in [2.75, 3.05) is 50.0 Å². The standard InChI is InChI=1S/C14H24N6O/c1-2-4-12(3-1)17-13-11-16-19-14(18-13)15-5-6-20-7-9-21-10-8-20/h11-12H,1-10H2,(H2,15,17,18,19). The Hall–Kier alpha value is -1.47. The molecule has 1 aliphatic carbocycles. The number of aromatic nitrogens is 3. The Morgan fingerprint density at radius 3 is 2.86 bits per heavy atom. The maximum atomic E-state index is 5.34. The van der Waals surface area contributed by atoms with Gasteiger partial charge in [-0.05, 0) is 12.8 Å². The van der Waals surface area contributed by atoms with Crippen LogP contribution in [0.1, 0.15) is 25.7 Å². The van der Waals surface area contributed by atoms with Gasteiger partial charge in [-0.3, -0.25) is 4.90 Å². The van der Waals surface area contributed by atoms with Crippen LogP contribution < -0.4 is 10.6 Å². The molecule has 1 aromatic rings. The number of anilines is 2. The second kappa shape index (κ2) is 7.51. The fraction of sp³-hybridized carbons (Fsp3) is 0.786. The van der Waals surface area contributed by atoms with Gasteiger partial charge in [0.1, 0.15) is 0 Å². The average molecular weight is 292 g/mol. The Labute approximate surface area is 125 Å². The first-order chi connectivity index (χ1) is 10.4. The van der Waals surface area contributed by atoms with E-state index in [1.54, 1.807) is 6.20 Å². The molecule has 1 aliphatic heterocycles. The van der Waals surface area contributed by atoms with E-state index in [0.29, 0.717) is 12.0 Å². The summed E-state index contributed by atoms with van der Waals surface area (Å²) in [7, 11) is 0. The van der Waals surface area contributed by atoms with Gasteiger partial charge in [0.2, 0.25) is 5.95 Å². The molecule has 0 spiro atoms. The molecule has 0 radical (unpaired) electrons. The van der Waals surface area contributed by atoms with Gasteiger partial charge in [-0.1, -0.05) is 12.8 Å². The van der Waals surface area contributed by atoms with Gasteiger partial charge in [-0.2, -0.15) is 10.1 Å². The molecule has 7 heteroatoms. The number of nitrogens with zero attached hydrogens (tertiary/aromatic N) is 4. The average Bonchev–Trinajstić information content (AvgIpc) is 3.02. The Kier molecular flexibility index (Phi) is 5.18. The summed E-state index contributed by atoms with van der Waals surface area (Å²) >= 11 is 0. The molecule has 3 rings (SSSR count). The number of hydrogen-bond donors (Lipinski definition) is 2. The van der Waals surface area contributed by atoms with Gasteiger partial charge >= 0.3 is 0 Å². The molecule has 7 nitrogen and oxygen atoms in total. The quantitative estimate of drug-likeness (QED) is 0.809. The first-order valence-corrected chi connectivity index (χ1v) is 7.90. The predicted molar refractivity (Wildman–Crippen MR) is 81.5 cm³/mol. The van der Waals surface area contributed by atoms with E-state index in [2.05, 4.69) is 30.7 Å². The molecule has 2 N–H and O–H groups in total. The second-order valence-electron chi connectivity index (χ2n) is 5.67. The van der Waals surface area contributed by atoms with Crippen LogP contribution in [0.2, 0.25) is 0 Å². The highest BCUT2D eigenvalue weighted by Gasteiger charge is 2.15. The molecule has 21 heavy (non-hydrogen) atoms. The zero-order valence-corrected chi connectivity index (χ0v) is 12.4. The molecule has 0 atom stereocenters. The summed E-state index contributed by atoms with van der Waals surface area (Å²) < 4.78 is 5.34. The summed E-state index contributed by atoms with van der Waals surface area (Å²) in [5.41, 5.74) is 0. The van der Waals surface area contributed by atoms with Gasteiger partial charge < -0.3 is 15.4 Å². The van der Waals surface area contributed by atoms with Crippen LogP contribution in [0.15, 0.2) is 6.20 Å². The van der Waals surface area contributed by atoms with Gasteiger partial charge in [0.05, 0.1) is 19.4 Å². The monoisotopic (exact) mass is 292 g/mol. The molecular weight excluding hydrogens is 268 g/mol. The third-order valence-electron chi connectivity index (χ3n) is 4.08. The molecule has 0 amide bonds. The number of nitrogens with one attached hydrogen (secondary N) is 2. The third kappa shape index (κ3) is 4.50. The molecule has 2 aliphatic rings. The Bertz CT molecular complexity index is 431. The van der Waals surface area contributed by atoms with Crippen LogP contribution in [0.5, 0.6) is 0 Å². The van der Waals surface area contributed by atoms with Crippen molar-refractivity contribution < 1.29 is 4.74 Å². The summed E-state index contributed by atoms with van der Waals surface area (Å²) in [6.45, 7) is 5.48. The van der Waals surface area contributed by atoms with Crippen molar-refractivity contribution in [1.29, 1.82) is 0 Å². The highest BCUT2D eigenvalue weighted by Crippen LogP contribution is 2.21. The first kappa shape index (κ1) is 14.5. The van der Waals surface area contributed by atoms with Gasteiger partial charge in [0.25, 0.3) is 0 Å². The van der Waals surface area contributed by atoms with E-state index < -0.39 is 0 Å². The van der Waals surface area contributed by atoms with Crippen LogP contribution in [0.25, 0.3) is 0 Å². The fourth-order valence-electron chi connectivity index (χ4n) is 2.88. The number of rotatable bonds is 6. The zero-order chi connectivity index (χ0) is 14.3. The van der Waals surface area contributed by atoms with Crippen molar-refractivity contribution in [1.82, 2.24) is 20.1 Å². The summed E-state index contributed by atoms with van der Waals surface area (Å²) in [6, 6.07) is 0.544. The molecule has 0 bridgehead atoms. The molecule has 116 valence electrons. The lowest BCUT2D eigenvalue weighted by Crippen LogP contribution is -2.39. The number of ether oxygens (including phenoxy) is 1. The van der Waals surface area contributed by atoms with Crippen molar-refractivity contribution in [2.24, 2.45) is 0 Å². The van der Waals surface area contributed by atoms with Gasteiger partial charge in [-0.15, -0.1) is 5.10 Å². The van der Waals surface area contributed by atoms with Crippen LogP contribution in [0, 0.1) is 0 Å². The number of hydrogen-bond acceptors (Lipinski definition) is 7. The Morgan fingerprint density at radius 1 is 1.24 bits per heavy atom. The smallest absolute Gasteiger partial charge is 0.244 e. The van der Waals surface area contributed by atoms with Gasteiger partial charge in [0.15, 0.2) is 5.82 Å². The summed E-state index contributed by atoms with van der Waals surface area (Å²) in [5, 5.41) is 14.8. The lowest BCUT2D eigenvalue weighted by atomic mass is 10.2. The maximum Gasteiger partial charge on any atom is 0.244 e. The molecular formula is C14H24N6O. The fourth-order valence-corrected chi connectivity index (χ4v) is 2.88. The summed E-state index contributed by atoms with van der Waals surface area (Å²) in [6.07, 6.45) is 6.76. The van der Waals surface area contributed by atoms with Crippen molar-refractivity contribution in [2.45, 2.75) is 31.7 Å². The third-order valence-corrected chi connectivity index (χ3v) is 4.08. The van der Waals surface area contributed by atoms with Gasteiger partial charge in [-0.25, -0.2) is 0 Å². The largest absolute Gasteiger partial charge is 0.379 e. The minimum absolute atomic E-state index is 0.544. The normalized spacial score (nSPS) is 20.6. The molecule has 0 unspecified atom stereocenters. The minimum atomic E-state index is 0.544. The van der Waals surface area contributed by atoms with Crippen LogP contribution in [0.4, 0.5) is 11.8 Å². The van der Waals surface area contributed by atoms with E-state index in [1.165, 1.54) is 25.7 Å². The lowest BCUT2D eigenvalue weighted by Gasteiger charge is -2.26. The highest BCUT2D eigenvalue weighted by molar-refractivity contribution is 5.38. The summed E-state index contributed by atoms with van der Waals surface area (Å²) in [5.74, 6) is 1.43. The van der Waals surface area contributed by atoms with Crippen molar-refractivity contribution >= 4 is 11.8 Å². The molecule has 1 aromatic heterocycles. The zero-order valence-electron chi connectivity index (χ0n) is 12.4. The SMILES string of the molecule is c1nnc(NCCN2CCOCC2)nc1NC1CCCC1. The first-order valence-electron chi connectivity index (χ1n) is 7.90. The maximum absolute atomic E-state index is 5.34. The topological polar surface area (TPSA) is 75.2 Å². The summed E-state index contributed by atoms with van der Waals surface area (Å²) in [4.78, 5) is 6.86. The van der Waals surface area contributed by atoms with Crippen LogP contribution in [0.3, 0.4) is 0 Å². The van der Waals surface area contributed by atoms with Crippen molar-refractivity contribution in [3.63, 3.8) is 0 Å². The second-order valence-corrected chi connectivity index (χ2v) is 5.67. The highest BCUT2D eigenvalue weighted by atomic mass is 16.5. The van der Waals surface area contributed by atoms with Crippen LogP contribution in [-0.4, -0.2) is 65.5 Å². The molecule has 1 saturated carbocycles. The van der Waals surface area contributed by atoms with E-state index in [1.807, 2.05) is 0 Å². The van der Waals surface area contributed by atoms with E-state index in [0.717, 1.165) is 45.2 Å². The molecule has 1 saturated heterocycles. The Morgan fingerprint density at radius 2 is 2.05 bits per heavy atom. The molecule has 0 aromatic carbocycles. The molecule has 2 heterocycles. The minimum Gasteiger partial charge on any atom is -0.379 e. The van der Waals surface area contributed by atoms with E-state index in [-0.39, 0.29) is 0 Å². The molecule has 2 fully saturated rings. The van der Waals surface area contributed by atoms with E-state index >= 15 is 0 Å². The van der Waals surface area contributed by atoms with Crippen LogP contribution >= 0.6 is 0 Å². The van der Waals surface area contributed by atoms with E-state index in [9.17, 15) is 0 Å².